The lowest BCUT2D eigenvalue weighted by molar-refractivity contribution is 0.321. The number of hydrogen-bond donors (Lipinski definition) is 0. The van der Waals surface area contributed by atoms with Gasteiger partial charge in [0.2, 0.25) is 5.75 Å². The predicted octanol–water partition coefficient (Wildman–Crippen LogP) is 3.31. The van der Waals surface area contributed by atoms with Gasteiger partial charge in [-0.05, 0) is 12.1 Å². The molecule has 2 aromatic carbocycles. The molecule has 21 heavy (non-hydrogen) atoms. The van der Waals surface area contributed by atoms with Crippen LogP contribution in [0.4, 0.5) is 0 Å². The van der Waals surface area contributed by atoms with Crippen LogP contribution in [0, 0.1) is 6.07 Å². The largest absolute Gasteiger partial charge is 0.497 e. The highest BCUT2D eigenvalue weighted by Crippen LogP contribution is 2.42. The van der Waals surface area contributed by atoms with E-state index in [1.165, 1.54) is 0 Å². The molecular formula is C16H17O5. The second-order valence-electron chi connectivity index (χ2n) is 4.06. The van der Waals surface area contributed by atoms with Gasteiger partial charge in [-0.25, -0.2) is 0 Å². The van der Waals surface area contributed by atoms with Gasteiger partial charge in [-0.2, -0.15) is 0 Å². The zero-order chi connectivity index (χ0) is 15.2. The monoisotopic (exact) mass is 289 g/mol. The van der Waals surface area contributed by atoms with Crippen LogP contribution >= 0.6 is 0 Å². The summed E-state index contributed by atoms with van der Waals surface area (Å²) in [4.78, 5) is 0. The molecule has 0 bridgehead atoms. The van der Waals surface area contributed by atoms with Crippen molar-refractivity contribution in [2.24, 2.45) is 0 Å². The highest BCUT2D eigenvalue weighted by Gasteiger charge is 2.14. The molecule has 1 radical (unpaired) electrons. The van der Waals surface area contributed by atoms with Crippen LogP contribution in [0.15, 0.2) is 30.3 Å². The fraction of sp³-hybridized carbons (Fsp3) is 0.250. The van der Waals surface area contributed by atoms with Gasteiger partial charge in [0.1, 0.15) is 17.2 Å². The van der Waals surface area contributed by atoms with Gasteiger partial charge >= 0.3 is 0 Å². The molecule has 0 amide bonds. The van der Waals surface area contributed by atoms with Crippen molar-refractivity contribution in [1.29, 1.82) is 0 Å². The van der Waals surface area contributed by atoms with E-state index in [-0.39, 0.29) is 0 Å². The third-order valence-corrected chi connectivity index (χ3v) is 2.85. The van der Waals surface area contributed by atoms with Crippen LogP contribution in [0.2, 0.25) is 0 Å². The van der Waals surface area contributed by atoms with Gasteiger partial charge in [0.25, 0.3) is 0 Å². The van der Waals surface area contributed by atoms with Crippen molar-refractivity contribution < 1.29 is 23.7 Å². The third-order valence-electron chi connectivity index (χ3n) is 2.85. The van der Waals surface area contributed by atoms with E-state index in [2.05, 4.69) is 6.07 Å². The van der Waals surface area contributed by atoms with Gasteiger partial charge in [0, 0.05) is 24.3 Å². The first-order chi connectivity index (χ1) is 10.2. The Labute approximate surface area is 124 Å². The van der Waals surface area contributed by atoms with E-state index in [0.717, 1.165) is 0 Å². The molecule has 0 N–H and O–H groups in total. The molecule has 5 nitrogen and oxygen atoms in total. The van der Waals surface area contributed by atoms with Crippen LogP contribution in [0.3, 0.4) is 0 Å². The van der Waals surface area contributed by atoms with Crippen LogP contribution in [0.1, 0.15) is 0 Å². The molecule has 0 aromatic heterocycles. The summed E-state index contributed by atoms with van der Waals surface area (Å²) in [5.41, 5.74) is 0. The first-order valence-electron chi connectivity index (χ1n) is 6.25. The summed E-state index contributed by atoms with van der Waals surface area (Å²) >= 11 is 0. The summed E-state index contributed by atoms with van der Waals surface area (Å²) in [6.45, 7) is 0. The van der Waals surface area contributed by atoms with Gasteiger partial charge in [-0.15, -0.1) is 0 Å². The highest BCUT2D eigenvalue weighted by molar-refractivity contribution is 5.56. The maximum atomic E-state index is 5.75. The molecule has 0 saturated heterocycles. The van der Waals surface area contributed by atoms with Gasteiger partial charge in [0.05, 0.1) is 28.4 Å². The number of rotatable bonds is 6. The molecular weight excluding hydrogens is 272 g/mol. The fourth-order valence-electron chi connectivity index (χ4n) is 1.85. The van der Waals surface area contributed by atoms with Crippen molar-refractivity contribution in [3.8, 4) is 34.5 Å². The summed E-state index contributed by atoms with van der Waals surface area (Å²) < 4.78 is 26.7. The molecule has 0 aliphatic heterocycles. The van der Waals surface area contributed by atoms with Crippen LogP contribution in [-0.2, 0) is 0 Å². The molecule has 2 aromatic rings. The maximum Gasteiger partial charge on any atom is 0.203 e. The summed E-state index contributed by atoms with van der Waals surface area (Å²) in [5.74, 6) is 3.33. The molecule has 111 valence electrons. The van der Waals surface area contributed by atoms with Crippen molar-refractivity contribution >= 4 is 0 Å². The summed E-state index contributed by atoms with van der Waals surface area (Å²) in [6.07, 6.45) is 0. The van der Waals surface area contributed by atoms with E-state index >= 15 is 0 Å². The van der Waals surface area contributed by atoms with Crippen LogP contribution in [-0.4, -0.2) is 28.4 Å². The topological polar surface area (TPSA) is 46.2 Å². The van der Waals surface area contributed by atoms with Crippen molar-refractivity contribution in [1.82, 2.24) is 0 Å². The molecule has 0 atom stereocenters. The average molecular weight is 289 g/mol. The van der Waals surface area contributed by atoms with E-state index in [1.807, 2.05) is 0 Å². The van der Waals surface area contributed by atoms with E-state index in [9.17, 15) is 0 Å². The molecule has 0 unspecified atom stereocenters. The van der Waals surface area contributed by atoms with Crippen molar-refractivity contribution in [2.75, 3.05) is 28.4 Å². The smallest absolute Gasteiger partial charge is 0.203 e. The minimum absolute atomic E-state index is 0.516. The third kappa shape index (κ3) is 3.31. The van der Waals surface area contributed by atoms with Crippen molar-refractivity contribution in [2.45, 2.75) is 0 Å². The Morgan fingerprint density at radius 3 is 1.95 bits per heavy atom. The molecule has 0 spiro atoms. The Kier molecular flexibility index (Phi) is 4.77. The Morgan fingerprint density at radius 2 is 1.43 bits per heavy atom. The Balaban J connectivity index is 2.35. The summed E-state index contributed by atoms with van der Waals surface area (Å²) in [6, 6.07) is 11.7. The van der Waals surface area contributed by atoms with Crippen LogP contribution < -0.4 is 23.7 Å². The van der Waals surface area contributed by atoms with Gasteiger partial charge < -0.3 is 23.7 Å². The minimum Gasteiger partial charge on any atom is -0.497 e. The van der Waals surface area contributed by atoms with E-state index in [0.29, 0.717) is 34.5 Å². The number of hydrogen-bond acceptors (Lipinski definition) is 5. The standard InChI is InChI=1S/C16H17O5/c1-17-11-6-5-7-12(8-11)21-13-9-14(18-2)16(20-4)15(10-13)19-3/h5-6,8-10H,1-4H3. The van der Waals surface area contributed by atoms with Gasteiger partial charge in [-0.1, -0.05) is 0 Å². The maximum absolute atomic E-state index is 5.75. The summed E-state index contributed by atoms with van der Waals surface area (Å²) in [7, 11) is 6.26. The molecule has 0 aliphatic rings. The van der Waals surface area contributed by atoms with Crippen LogP contribution in [0.25, 0.3) is 0 Å². The molecule has 0 heterocycles. The lowest BCUT2D eigenvalue weighted by Crippen LogP contribution is -1.96. The van der Waals surface area contributed by atoms with Gasteiger partial charge in [-0.3, -0.25) is 0 Å². The van der Waals surface area contributed by atoms with Crippen molar-refractivity contribution in [3.63, 3.8) is 0 Å². The van der Waals surface area contributed by atoms with E-state index in [1.54, 1.807) is 58.8 Å². The van der Waals surface area contributed by atoms with Crippen molar-refractivity contribution in [3.05, 3.63) is 36.4 Å². The SMILES string of the molecule is COc1cc[c]c(Oc2cc(OC)c(OC)c(OC)c2)c1. The second-order valence-corrected chi connectivity index (χ2v) is 4.06. The number of ether oxygens (including phenoxy) is 5. The lowest BCUT2D eigenvalue weighted by Gasteiger charge is -2.14. The quantitative estimate of drug-likeness (QED) is 0.816. The Bertz CT molecular complexity index is 584. The lowest BCUT2D eigenvalue weighted by atomic mass is 10.2. The predicted molar refractivity (Wildman–Crippen MR) is 78.0 cm³/mol. The molecule has 0 aliphatic carbocycles. The molecule has 0 fully saturated rings. The highest BCUT2D eigenvalue weighted by atomic mass is 16.5. The minimum atomic E-state index is 0.516. The van der Waals surface area contributed by atoms with E-state index in [4.69, 9.17) is 23.7 Å². The average Bonchev–Trinajstić information content (AvgIpc) is 2.53. The first-order valence-corrected chi connectivity index (χ1v) is 6.25. The number of benzene rings is 2. The summed E-state index contributed by atoms with van der Waals surface area (Å²) in [5, 5.41) is 0. The number of methoxy groups -OCH3 is 4. The first kappa shape index (κ1) is 14.8. The van der Waals surface area contributed by atoms with Gasteiger partial charge in [0.15, 0.2) is 11.5 Å². The molecule has 2 rings (SSSR count). The molecule has 0 saturated carbocycles. The fourth-order valence-corrected chi connectivity index (χ4v) is 1.85. The Hall–Kier alpha value is -2.56. The normalized spacial score (nSPS) is 9.90. The van der Waals surface area contributed by atoms with E-state index < -0.39 is 0 Å². The second kappa shape index (κ2) is 6.74. The zero-order valence-electron chi connectivity index (χ0n) is 12.4. The Morgan fingerprint density at radius 1 is 0.762 bits per heavy atom. The van der Waals surface area contributed by atoms with Crippen LogP contribution in [0.5, 0.6) is 34.5 Å². The molecule has 5 heteroatoms. The zero-order valence-corrected chi connectivity index (χ0v) is 12.4.